The molecule has 1 N–H and O–H groups in total. The minimum absolute atomic E-state index is 0.237. The van der Waals surface area contributed by atoms with Crippen molar-refractivity contribution >= 4 is 35.0 Å². The normalized spacial score (nSPS) is 10.1. The molecule has 0 saturated carbocycles. The quantitative estimate of drug-likeness (QED) is 0.870. The molecule has 1 amide bonds. The number of anilines is 1. The molecule has 0 bridgehead atoms. The van der Waals surface area contributed by atoms with Gasteiger partial charge in [0, 0.05) is 23.0 Å². The summed E-state index contributed by atoms with van der Waals surface area (Å²) in [6.07, 6.45) is 5.00. The van der Waals surface area contributed by atoms with Gasteiger partial charge in [-0.2, -0.15) is 0 Å². The van der Waals surface area contributed by atoms with Crippen molar-refractivity contribution in [2.45, 2.75) is 4.90 Å². The number of carbonyl (C=O) groups excluding carboxylic acids is 1. The third kappa shape index (κ3) is 3.03. The first-order chi connectivity index (χ1) is 8.70. The molecule has 2 rings (SSSR count). The Labute approximate surface area is 115 Å². The van der Waals surface area contributed by atoms with Gasteiger partial charge in [-0.05, 0) is 36.6 Å². The highest BCUT2D eigenvalue weighted by atomic mass is 35.5. The molecule has 1 heterocycles. The lowest BCUT2D eigenvalue weighted by Gasteiger charge is -2.06. The molecule has 5 heteroatoms. The topological polar surface area (TPSA) is 42.0 Å². The number of nitrogens with zero attached hydrogens (tertiary/aromatic N) is 1. The Morgan fingerprint density at radius 3 is 2.61 bits per heavy atom. The Kier molecular flexibility index (Phi) is 4.23. The number of thioether (sulfide) groups is 1. The number of hydrogen-bond donors (Lipinski definition) is 1. The fourth-order valence-corrected chi connectivity index (χ4v) is 2.05. The molecule has 0 spiro atoms. The smallest absolute Gasteiger partial charge is 0.257 e. The van der Waals surface area contributed by atoms with E-state index in [0.29, 0.717) is 10.6 Å². The zero-order valence-electron chi connectivity index (χ0n) is 9.68. The molecule has 0 aliphatic carbocycles. The van der Waals surface area contributed by atoms with E-state index < -0.39 is 0 Å². The second kappa shape index (κ2) is 5.89. The molecular formula is C13H11ClN2OS. The van der Waals surface area contributed by atoms with E-state index in [0.717, 1.165) is 10.6 Å². The number of benzene rings is 1. The molecular weight excluding hydrogens is 268 g/mol. The van der Waals surface area contributed by atoms with Crippen LogP contribution in [0, 0.1) is 0 Å². The summed E-state index contributed by atoms with van der Waals surface area (Å²) in [6.45, 7) is 0. The molecule has 1 aromatic heterocycles. The van der Waals surface area contributed by atoms with E-state index in [4.69, 9.17) is 11.6 Å². The van der Waals surface area contributed by atoms with Gasteiger partial charge in [0.2, 0.25) is 0 Å². The van der Waals surface area contributed by atoms with Crippen LogP contribution in [-0.2, 0) is 0 Å². The van der Waals surface area contributed by atoms with Gasteiger partial charge in [0.1, 0.15) is 0 Å². The van der Waals surface area contributed by atoms with Gasteiger partial charge in [-0.25, -0.2) is 0 Å². The molecule has 0 unspecified atom stereocenters. The van der Waals surface area contributed by atoms with Gasteiger partial charge in [0.25, 0.3) is 5.91 Å². The second-order valence-corrected chi connectivity index (χ2v) is 4.82. The van der Waals surface area contributed by atoms with Crippen molar-refractivity contribution in [2.24, 2.45) is 0 Å². The maximum atomic E-state index is 12.0. The van der Waals surface area contributed by atoms with Crippen molar-refractivity contribution in [2.75, 3.05) is 11.6 Å². The van der Waals surface area contributed by atoms with Crippen LogP contribution in [0.15, 0.2) is 47.6 Å². The van der Waals surface area contributed by atoms with E-state index in [2.05, 4.69) is 10.3 Å². The standard InChI is InChI=1S/C13H11ClN2OS/c1-18-10-4-2-9(3-5-10)16-13(17)11-6-7-15-8-12(11)14/h2-8H,1H3,(H,16,17). The van der Waals surface area contributed by atoms with Crippen LogP contribution >= 0.6 is 23.4 Å². The van der Waals surface area contributed by atoms with Crippen LogP contribution in [0.3, 0.4) is 0 Å². The van der Waals surface area contributed by atoms with Crippen LogP contribution in [0.25, 0.3) is 0 Å². The van der Waals surface area contributed by atoms with Crippen LogP contribution in [0.5, 0.6) is 0 Å². The molecule has 0 aliphatic heterocycles. The maximum Gasteiger partial charge on any atom is 0.257 e. The van der Waals surface area contributed by atoms with Crippen molar-refractivity contribution in [1.82, 2.24) is 4.98 Å². The number of carbonyl (C=O) groups is 1. The van der Waals surface area contributed by atoms with E-state index >= 15 is 0 Å². The van der Waals surface area contributed by atoms with Crippen molar-refractivity contribution in [1.29, 1.82) is 0 Å². The Bertz CT molecular complexity index is 557. The van der Waals surface area contributed by atoms with Crippen molar-refractivity contribution in [3.63, 3.8) is 0 Å². The molecule has 1 aromatic carbocycles. The minimum atomic E-state index is -0.237. The van der Waals surface area contributed by atoms with Crippen LogP contribution in [0.1, 0.15) is 10.4 Å². The molecule has 92 valence electrons. The second-order valence-electron chi connectivity index (χ2n) is 3.54. The molecule has 0 aliphatic rings. The number of amides is 1. The molecule has 0 fully saturated rings. The summed E-state index contributed by atoms with van der Waals surface area (Å²) in [6, 6.07) is 9.22. The predicted octanol–water partition coefficient (Wildman–Crippen LogP) is 3.71. The maximum absolute atomic E-state index is 12.0. The van der Waals surface area contributed by atoms with E-state index in [-0.39, 0.29) is 5.91 Å². The first kappa shape index (κ1) is 12.9. The van der Waals surface area contributed by atoms with Gasteiger partial charge in [-0.15, -0.1) is 11.8 Å². The van der Waals surface area contributed by atoms with E-state index in [1.54, 1.807) is 17.8 Å². The third-order valence-electron chi connectivity index (χ3n) is 2.36. The summed E-state index contributed by atoms with van der Waals surface area (Å²) in [5, 5.41) is 3.13. The lowest BCUT2D eigenvalue weighted by atomic mass is 10.2. The summed E-state index contributed by atoms with van der Waals surface area (Å²) in [5.41, 5.74) is 1.16. The lowest BCUT2D eigenvalue weighted by molar-refractivity contribution is 0.102. The zero-order chi connectivity index (χ0) is 13.0. The summed E-state index contributed by atoms with van der Waals surface area (Å²) in [5.74, 6) is -0.237. The van der Waals surface area contributed by atoms with Crippen LogP contribution < -0.4 is 5.32 Å². The average molecular weight is 279 g/mol. The summed E-state index contributed by atoms with van der Waals surface area (Å²) in [7, 11) is 0. The van der Waals surface area contributed by atoms with Crippen LogP contribution in [0.2, 0.25) is 5.02 Å². The van der Waals surface area contributed by atoms with E-state index in [1.807, 2.05) is 30.5 Å². The number of pyridine rings is 1. The Balaban J connectivity index is 2.14. The predicted molar refractivity (Wildman–Crippen MR) is 75.4 cm³/mol. The number of nitrogens with one attached hydrogen (secondary N) is 1. The highest BCUT2D eigenvalue weighted by Gasteiger charge is 2.09. The van der Waals surface area contributed by atoms with Gasteiger partial charge < -0.3 is 5.32 Å². The molecule has 0 saturated heterocycles. The number of hydrogen-bond acceptors (Lipinski definition) is 3. The largest absolute Gasteiger partial charge is 0.322 e. The highest BCUT2D eigenvalue weighted by molar-refractivity contribution is 7.98. The Hall–Kier alpha value is -1.52. The fraction of sp³-hybridized carbons (Fsp3) is 0.0769. The third-order valence-corrected chi connectivity index (χ3v) is 3.41. The molecule has 3 nitrogen and oxygen atoms in total. The molecule has 18 heavy (non-hydrogen) atoms. The van der Waals surface area contributed by atoms with Gasteiger partial charge >= 0.3 is 0 Å². The zero-order valence-corrected chi connectivity index (χ0v) is 11.3. The number of aromatic nitrogens is 1. The van der Waals surface area contributed by atoms with Crippen molar-refractivity contribution < 1.29 is 4.79 Å². The summed E-state index contributed by atoms with van der Waals surface area (Å²) in [4.78, 5) is 17.0. The van der Waals surface area contributed by atoms with Gasteiger partial charge in [-0.1, -0.05) is 11.6 Å². The summed E-state index contributed by atoms with van der Waals surface area (Å²) >= 11 is 7.56. The number of rotatable bonds is 3. The lowest BCUT2D eigenvalue weighted by Crippen LogP contribution is -2.12. The van der Waals surface area contributed by atoms with Gasteiger partial charge in [-0.3, -0.25) is 9.78 Å². The van der Waals surface area contributed by atoms with Gasteiger partial charge in [0.05, 0.1) is 10.6 Å². The molecule has 0 atom stereocenters. The first-order valence-corrected chi connectivity index (χ1v) is 6.86. The van der Waals surface area contributed by atoms with Gasteiger partial charge in [0.15, 0.2) is 0 Å². The molecule has 0 radical (unpaired) electrons. The van der Waals surface area contributed by atoms with Crippen molar-refractivity contribution in [3.05, 3.63) is 53.3 Å². The average Bonchev–Trinajstić information content (AvgIpc) is 2.40. The first-order valence-electron chi connectivity index (χ1n) is 5.25. The Morgan fingerprint density at radius 1 is 1.28 bits per heavy atom. The number of halogens is 1. The monoisotopic (exact) mass is 278 g/mol. The Morgan fingerprint density at radius 2 is 2.00 bits per heavy atom. The van der Waals surface area contributed by atoms with Crippen LogP contribution in [-0.4, -0.2) is 17.1 Å². The van der Waals surface area contributed by atoms with Crippen molar-refractivity contribution in [3.8, 4) is 0 Å². The highest BCUT2D eigenvalue weighted by Crippen LogP contribution is 2.19. The fourth-order valence-electron chi connectivity index (χ4n) is 1.43. The SMILES string of the molecule is CSc1ccc(NC(=O)c2ccncc2Cl)cc1. The van der Waals surface area contributed by atoms with E-state index in [9.17, 15) is 4.79 Å². The minimum Gasteiger partial charge on any atom is -0.322 e. The molecule has 2 aromatic rings. The summed E-state index contributed by atoms with van der Waals surface area (Å²) < 4.78 is 0. The van der Waals surface area contributed by atoms with E-state index in [1.165, 1.54) is 12.4 Å². The van der Waals surface area contributed by atoms with Crippen LogP contribution in [0.4, 0.5) is 5.69 Å².